The van der Waals surface area contributed by atoms with Gasteiger partial charge < -0.3 is 9.84 Å². The number of hydrogen-bond donors (Lipinski definition) is 1. The fourth-order valence-corrected chi connectivity index (χ4v) is 1.78. The van der Waals surface area contributed by atoms with Crippen LogP contribution in [0.25, 0.3) is 0 Å². The van der Waals surface area contributed by atoms with Gasteiger partial charge in [0.2, 0.25) is 0 Å². The molecule has 0 radical (unpaired) electrons. The van der Waals surface area contributed by atoms with Gasteiger partial charge in [-0.1, -0.05) is 12.1 Å². The van der Waals surface area contributed by atoms with E-state index in [1.165, 1.54) is 0 Å². The van der Waals surface area contributed by atoms with E-state index in [-0.39, 0.29) is 24.1 Å². The monoisotopic (exact) mass is 279 g/mol. The van der Waals surface area contributed by atoms with Gasteiger partial charge >= 0.3 is 11.9 Å². The molecule has 0 heterocycles. The lowest BCUT2D eigenvalue weighted by atomic mass is 10.1. The van der Waals surface area contributed by atoms with Gasteiger partial charge in [-0.2, -0.15) is 0 Å². The highest BCUT2D eigenvalue weighted by Crippen LogP contribution is 2.10. The smallest absolute Gasteiger partial charge is 0.335 e. The van der Waals surface area contributed by atoms with E-state index in [1.54, 1.807) is 31.2 Å². The molecular formula is C15H21NO4. The van der Waals surface area contributed by atoms with Crippen molar-refractivity contribution in [3.8, 4) is 0 Å². The molecule has 0 spiro atoms. The highest BCUT2D eigenvalue weighted by atomic mass is 16.5. The molecule has 1 aromatic rings. The maximum atomic E-state index is 11.5. The van der Waals surface area contributed by atoms with E-state index in [4.69, 9.17) is 9.84 Å². The number of hydrogen-bond acceptors (Lipinski definition) is 4. The quantitative estimate of drug-likeness (QED) is 0.775. The van der Waals surface area contributed by atoms with Crippen molar-refractivity contribution >= 4 is 11.9 Å². The van der Waals surface area contributed by atoms with Crippen molar-refractivity contribution < 1.29 is 19.4 Å². The SMILES string of the molecule is CCOC(=O)CN(Cc1ccc(C(=O)O)cc1)C(C)C. The third-order valence-corrected chi connectivity index (χ3v) is 2.95. The molecule has 1 rings (SSSR count). The van der Waals surface area contributed by atoms with Crippen LogP contribution in [0, 0.1) is 0 Å². The summed E-state index contributed by atoms with van der Waals surface area (Å²) in [6.07, 6.45) is 0. The maximum Gasteiger partial charge on any atom is 0.335 e. The normalized spacial score (nSPS) is 10.8. The molecule has 5 heteroatoms. The minimum Gasteiger partial charge on any atom is -0.478 e. The first-order chi connectivity index (χ1) is 9.43. The number of nitrogens with zero attached hydrogens (tertiary/aromatic N) is 1. The Balaban J connectivity index is 2.70. The summed E-state index contributed by atoms with van der Waals surface area (Å²) in [6, 6.07) is 6.87. The summed E-state index contributed by atoms with van der Waals surface area (Å²) in [4.78, 5) is 24.3. The Hall–Kier alpha value is -1.88. The van der Waals surface area contributed by atoms with Gasteiger partial charge in [-0.3, -0.25) is 9.69 Å². The fraction of sp³-hybridized carbons (Fsp3) is 0.467. The number of carbonyl (C=O) groups is 2. The molecule has 0 aliphatic carbocycles. The van der Waals surface area contributed by atoms with Gasteiger partial charge in [0.1, 0.15) is 0 Å². The van der Waals surface area contributed by atoms with Crippen LogP contribution in [0.2, 0.25) is 0 Å². The van der Waals surface area contributed by atoms with Gasteiger partial charge in [-0.05, 0) is 38.5 Å². The van der Waals surface area contributed by atoms with Crippen LogP contribution >= 0.6 is 0 Å². The van der Waals surface area contributed by atoms with Gasteiger partial charge in [-0.25, -0.2) is 4.79 Å². The Labute approximate surface area is 119 Å². The molecule has 0 unspecified atom stereocenters. The van der Waals surface area contributed by atoms with E-state index in [9.17, 15) is 9.59 Å². The maximum absolute atomic E-state index is 11.5. The summed E-state index contributed by atoms with van der Waals surface area (Å²) in [5.74, 6) is -1.19. The van der Waals surface area contributed by atoms with Crippen LogP contribution in [0.15, 0.2) is 24.3 Å². The second-order valence-corrected chi connectivity index (χ2v) is 4.81. The van der Waals surface area contributed by atoms with Crippen LogP contribution in [-0.4, -0.2) is 41.1 Å². The van der Waals surface area contributed by atoms with E-state index >= 15 is 0 Å². The van der Waals surface area contributed by atoms with Crippen molar-refractivity contribution in [1.29, 1.82) is 0 Å². The molecule has 20 heavy (non-hydrogen) atoms. The van der Waals surface area contributed by atoms with Crippen molar-refractivity contribution in [2.45, 2.75) is 33.4 Å². The molecule has 0 aliphatic rings. The van der Waals surface area contributed by atoms with E-state index in [1.807, 2.05) is 18.7 Å². The zero-order valence-corrected chi connectivity index (χ0v) is 12.1. The summed E-state index contributed by atoms with van der Waals surface area (Å²) in [6.45, 7) is 6.97. The highest BCUT2D eigenvalue weighted by molar-refractivity contribution is 5.87. The van der Waals surface area contributed by atoms with Gasteiger partial charge in [0, 0.05) is 12.6 Å². The molecule has 5 nitrogen and oxygen atoms in total. The summed E-state index contributed by atoms with van der Waals surface area (Å²) < 4.78 is 4.95. The average Bonchev–Trinajstić information content (AvgIpc) is 2.38. The summed E-state index contributed by atoms with van der Waals surface area (Å²) in [5.41, 5.74) is 1.23. The number of rotatable bonds is 7. The van der Waals surface area contributed by atoms with Crippen LogP contribution in [0.1, 0.15) is 36.7 Å². The molecule has 0 saturated heterocycles. The number of carboxylic acid groups (broad SMARTS) is 1. The summed E-state index contributed by atoms with van der Waals surface area (Å²) in [5, 5.41) is 8.85. The Morgan fingerprint density at radius 3 is 2.30 bits per heavy atom. The number of carbonyl (C=O) groups excluding carboxylic acids is 1. The zero-order chi connectivity index (χ0) is 15.1. The van der Waals surface area contributed by atoms with E-state index in [0.717, 1.165) is 5.56 Å². The highest BCUT2D eigenvalue weighted by Gasteiger charge is 2.15. The van der Waals surface area contributed by atoms with Crippen LogP contribution in [-0.2, 0) is 16.1 Å². The van der Waals surface area contributed by atoms with Crippen LogP contribution in [0.3, 0.4) is 0 Å². The predicted molar refractivity (Wildman–Crippen MR) is 75.6 cm³/mol. The molecule has 1 N–H and O–H groups in total. The van der Waals surface area contributed by atoms with Gasteiger partial charge in [0.15, 0.2) is 0 Å². The van der Waals surface area contributed by atoms with Crippen molar-refractivity contribution in [2.75, 3.05) is 13.2 Å². The van der Waals surface area contributed by atoms with Gasteiger partial charge in [0.25, 0.3) is 0 Å². The first-order valence-corrected chi connectivity index (χ1v) is 6.66. The van der Waals surface area contributed by atoms with Crippen LogP contribution < -0.4 is 0 Å². The summed E-state index contributed by atoms with van der Waals surface area (Å²) in [7, 11) is 0. The number of aromatic carboxylic acids is 1. The first kappa shape index (κ1) is 16.2. The number of esters is 1. The number of carboxylic acids is 1. The lowest BCUT2D eigenvalue weighted by molar-refractivity contribution is -0.145. The van der Waals surface area contributed by atoms with Crippen LogP contribution in [0.5, 0.6) is 0 Å². The second kappa shape index (κ2) is 7.65. The van der Waals surface area contributed by atoms with Crippen molar-refractivity contribution in [3.05, 3.63) is 35.4 Å². The predicted octanol–water partition coefficient (Wildman–Crippen LogP) is 2.16. The Morgan fingerprint density at radius 2 is 1.85 bits per heavy atom. The lowest BCUT2D eigenvalue weighted by Crippen LogP contribution is -2.36. The van der Waals surface area contributed by atoms with E-state index in [2.05, 4.69) is 0 Å². The molecule has 0 amide bonds. The van der Waals surface area contributed by atoms with E-state index in [0.29, 0.717) is 13.2 Å². The van der Waals surface area contributed by atoms with Crippen molar-refractivity contribution in [1.82, 2.24) is 4.90 Å². The Bertz CT molecular complexity index is 453. The zero-order valence-electron chi connectivity index (χ0n) is 12.1. The first-order valence-electron chi connectivity index (χ1n) is 6.66. The molecule has 0 bridgehead atoms. The van der Waals surface area contributed by atoms with Gasteiger partial charge in [0.05, 0.1) is 18.7 Å². The van der Waals surface area contributed by atoms with E-state index < -0.39 is 5.97 Å². The topological polar surface area (TPSA) is 66.8 Å². The molecule has 0 aromatic heterocycles. The molecule has 110 valence electrons. The fourth-order valence-electron chi connectivity index (χ4n) is 1.78. The summed E-state index contributed by atoms with van der Waals surface area (Å²) >= 11 is 0. The lowest BCUT2D eigenvalue weighted by Gasteiger charge is -2.25. The number of benzene rings is 1. The molecular weight excluding hydrogens is 258 g/mol. The standard InChI is InChI=1S/C15H21NO4/c1-4-20-14(17)10-16(11(2)3)9-12-5-7-13(8-6-12)15(18)19/h5-8,11H,4,9-10H2,1-3H3,(H,18,19). The molecule has 0 aliphatic heterocycles. The minimum absolute atomic E-state index is 0.193. The van der Waals surface area contributed by atoms with Gasteiger partial charge in [-0.15, -0.1) is 0 Å². The third kappa shape index (κ3) is 5.01. The molecule has 0 atom stereocenters. The largest absolute Gasteiger partial charge is 0.478 e. The molecule has 0 fully saturated rings. The van der Waals surface area contributed by atoms with Crippen molar-refractivity contribution in [3.63, 3.8) is 0 Å². The number of ether oxygens (including phenoxy) is 1. The Morgan fingerprint density at radius 1 is 1.25 bits per heavy atom. The second-order valence-electron chi connectivity index (χ2n) is 4.81. The molecule has 1 aromatic carbocycles. The van der Waals surface area contributed by atoms with Crippen molar-refractivity contribution in [2.24, 2.45) is 0 Å². The molecule has 0 saturated carbocycles. The minimum atomic E-state index is -0.941. The Kier molecular flexibility index (Phi) is 6.18. The average molecular weight is 279 g/mol. The van der Waals surface area contributed by atoms with Crippen LogP contribution in [0.4, 0.5) is 0 Å². The third-order valence-electron chi connectivity index (χ3n) is 2.95.